The minimum Gasteiger partial charge on any atom is -0.387 e. The van der Waals surface area contributed by atoms with Gasteiger partial charge < -0.3 is 10.7 Å². The lowest BCUT2D eigenvalue weighted by Crippen LogP contribution is -2.12. The number of nitrogens with one attached hydrogen (secondary N) is 2. The van der Waals surface area contributed by atoms with Gasteiger partial charge in [0.25, 0.3) is 0 Å². The molecule has 0 spiro atoms. The van der Waals surface area contributed by atoms with E-state index in [-0.39, 0.29) is 5.84 Å². The second-order valence-corrected chi connectivity index (χ2v) is 3.06. The molecule has 3 heteroatoms. The van der Waals surface area contributed by atoms with Gasteiger partial charge in [0.05, 0.1) is 5.84 Å². The highest BCUT2D eigenvalue weighted by Crippen LogP contribution is 2.16. The van der Waals surface area contributed by atoms with Crippen LogP contribution in [0.5, 0.6) is 0 Å². The van der Waals surface area contributed by atoms with Crippen LogP contribution >= 0.6 is 0 Å². The van der Waals surface area contributed by atoms with Gasteiger partial charge in [-0.25, -0.2) is 0 Å². The molecule has 66 valence electrons. The summed E-state index contributed by atoms with van der Waals surface area (Å²) in [5, 5.41) is 8.39. The van der Waals surface area contributed by atoms with Crippen LogP contribution in [-0.2, 0) is 6.42 Å². The smallest absolute Gasteiger partial charge is 0.0950 e. The molecule has 1 heterocycles. The van der Waals surface area contributed by atoms with Crippen LogP contribution in [0.3, 0.4) is 0 Å². The molecule has 0 saturated carbocycles. The van der Waals surface area contributed by atoms with Gasteiger partial charge >= 0.3 is 0 Å². The molecule has 0 bridgehead atoms. The van der Waals surface area contributed by atoms with E-state index in [1.807, 2.05) is 30.5 Å². The second kappa shape index (κ2) is 2.94. The highest BCUT2D eigenvalue weighted by molar-refractivity contribution is 5.88. The monoisotopic (exact) mass is 173 g/mol. The molecule has 0 saturated heterocycles. The molecule has 2 aromatic rings. The zero-order chi connectivity index (χ0) is 9.26. The molecule has 0 fully saturated rings. The van der Waals surface area contributed by atoms with E-state index in [1.54, 1.807) is 0 Å². The van der Waals surface area contributed by atoms with E-state index >= 15 is 0 Å². The van der Waals surface area contributed by atoms with Crippen molar-refractivity contribution in [1.82, 2.24) is 4.98 Å². The number of para-hydroxylation sites is 1. The first-order valence-corrected chi connectivity index (χ1v) is 4.15. The number of amidine groups is 1. The Bertz CT molecular complexity index is 442. The molecule has 0 atom stereocenters. The molecule has 4 N–H and O–H groups in total. The van der Waals surface area contributed by atoms with Crippen LogP contribution in [0, 0.1) is 5.41 Å². The van der Waals surface area contributed by atoms with E-state index in [0.717, 1.165) is 11.1 Å². The molecule has 0 aliphatic rings. The minimum absolute atomic E-state index is 0.196. The fourth-order valence-corrected chi connectivity index (χ4v) is 1.50. The van der Waals surface area contributed by atoms with Gasteiger partial charge in [-0.3, -0.25) is 5.41 Å². The second-order valence-electron chi connectivity index (χ2n) is 3.06. The highest BCUT2D eigenvalue weighted by Gasteiger charge is 2.01. The summed E-state index contributed by atoms with van der Waals surface area (Å²) in [6.07, 6.45) is 2.41. The Morgan fingerprint density at radius 1 is 1.38 bits per heavy atom. The molecule has 0 radical (unpaired) electrons. The van der Waals surface area contributed by atoms with Crippen LogP contribution in [0.4, 0.5) is 0 Å². The van der Waals surface area contributed by atoms with Gasteiger partial charge in [-0.05, 0) is 17.0 Å². The quantitative estimate of drug-likeness (QED) is 0.469. The molecule has 1 aromatic carbocycles. The third-order valence-corrected chi connectivity index (χ3v) is 2.05. The van der Waals surface area contributed by atoms with Gasteiger partial charge in [0.2, 0.25) is 0 Å². The minimum atomic E-state index is 0.196. The summed E-state index contributed by atoms with van der Waals surface area (Å²) in [5.74, 6) is 0.196. The number of rotatable bonds is 2. The van der Waals surface area contributed by atoms with Crippen molar-refractivity contribution in [3.8, 4) is 0 Å². The lowest BCUT2D eigenvalue weighted by atomic mass is 10.1. The van der Waals surface area contributed by atoms with Crippen molar-refractivity contribution < 1.29 is 0 Å². The van der Waals surface area contributed by atoms with Crippen molar-refractivity contribution in [3.05, 3.63) is 36.0 Å². The van der Waals surface area contributed by atoms with Gasteiger partial charge in [-0.2, -0.15) is 0 Å². The first kappa shape index (κ1) is 7.86. The fourth-order valence-electron chi connectivity index (χ4n) is 1.50. The summed E-state index contributed by atoms with van der Waals surface area (Å²) in [4.78, 5) is 3.14. The van der Waals surface area contributed by atoms with Crippen molar-refractivity contribution >= 4 is 16.7 Å². The van der Waals surface area contributed by atoms with Gasteiger partial charge in [-0.15, -0.1) is 0 Å². The van der Waals surface area contributed by atoms with Crippen molar-refractivity contribution in [2.75, 3.05) is 0 Å². The average Bonchev–Trinajstić information content (AvgIpc) is 2.51. The lowest BCUT2D eigenvalue weighted by molar-refractivity contribution is 1.25. The topological polar surface area (TPSA) is 65.7 Å². The Balaban J connectivity index is 2.54. The number of hydrogen-bond acceptors (Lipinski definition) is 1. The predicted octanol–water partition coefficient (Wildman–Crippen LogP) is 1.65. The molecule has 0 aliphatic carbocycles. The summed E-state index contributed by atoms with van der Waals surface area (Å²) in [6.45, 7) is 0. The summed E-state index contributed by atoms with van der Waals surface area (Å²) in [6, 6.07) is 8.02. The maximum Gasteiger partial charge on any atom is 0.0950 e. The van der Waals surface area contributed by atoms with E-state index in [1.165, 1.54) is 5.39 Å². The van der Waals surface area contributed by atoms with E-state index in [2.05, 4.69) is 4.98 Å². The Labute approximate surface area is 76.1 Å². The standard InChI is InChI=1S/C10H11N3/c11-9(12)6-8-3-1-2-7-4-5-13-10(7)8/h1-5,13H,6H2,(H3,11,12). The Hall–Kier alpha value is -1.77. The van der Waals surface area contributed by atoms with Crippen LogP contribution in [0.2, 0.25) is 0 Å². The molecule has 0 aliphatic heterocycles. The van der Waals surface area contributed by atoms with Crippen LogP contribution in [0.15, 0.2) is 30.5 Å². The zero-order valence-corrected chi connectivity index (χ0v) is 7.17. The van der Waals surface area contributed by atoms with Crippen LogP contribution in [0.25, 0.3) is 10.9 Å². The first-order chi connectivity index (χ1) is 6.27. The van der Waals surface area contributed by atoms with Crippen LogP contribution in [0.1, 0.15) is 5.56 Å². The molecule has 3 nitrogen and oxygen atoms in total. The van der Waals surface area contributed by atoms with Crippen LogP contribution in [-0.4, -0.2) is 10.8 Å². The van der Waals surface area contributed by atoms with E-state index in [0.29, 0.717) is 6.42 Å². The number of fused-ring (bicyclic) bond motifs is 1. The van der Waals surface area contributed by atoms with E-state index in [4.69, 9.17) is 11.1 Å². The van der Waals surface area contributed by atoms with Crippen molar-refractivity contribution in [2.24, 2.45) is 5.73 Å². The lowest BCUT2D eigenvalue weighted by Gasteiger charge is -2.00. The molecular weight excluding hydrogens is 162 g/mol. The molecular formula is C10H11N3. The molecule has 2 rings (SSSR count). The van der Waals surface area contributed by atoms with Gasteiger partial charge in [0.1, 0.15) is 0 Å². The summed E-state index contributed by atoms with van der Waals surface area (Å²) < 4.78 is 0. The number of aromatic nitrogens is 1. The van der Waals surface area contributed by atoms with E-state index < -0.39 is 0 Å². The number of H-pyrrole nitrogens is 1. The number of hydrogen-bond donors (Lipinski definition) is 3. The third-order valence-electron chi connectivity index (χ3n) is 2.05. The van der Waals surface area contributed by atoms with Crippen molar-refractivity contribution in [1.29, 1.82) is 5.41 Å². The SMILES string of the molecule is N=C(N)Cc1cccc2cc[nH]c12. The Morgan fingerprint density at radius 2 is 2.23 bits per heavy atom. The molecule has 0 amide bonds. The number of nitrogens with two attached hydrogens (primary N) is 1. The molecule has 1 aromatic heterocycles. The summed E-state index contributed by atoms with van der Waals surface area (Å²) >= 11 is 0. The van der Waals surface area contributed by atoms with Gasteiger partial charge in [0, 0.05) is 18.1 Å². The number of aromatic amines is 1. The molecule has 13 heavy (non-hydrogen) atoms. The first-order valence-electron chi connectivity index (χ1n) is 4.15. The summed E-state index contributed by atoms with van der Waals surface area (Å²) in [7, 11) is 0. The normalized spacial score (nSPS) is 10.5. The van der Waals surface area contributed by atoms with Gasteiger partial charge in [0.15, 0.2) is 0 Å². The fraction of sp³-hybridized carbons (Fsp3) is 0.100. The average molecular weight is 173 g/mol. The van der Waals surface area contributed by atoms with Gasteiger partial charge in [-0.1, -0.05) is 18.2 Å². The largest absolute Gasteiger partial charge is 0.387 e. The zero-order valence-electron chi connectivity index (χ0n) is 7.17. The summed E-state index contributed by atoms with van der Waals surface area (Å²) in [5.41, 5.74) is 7.51. The van der Waals surface area contributed by atoms with E-state index in [9.17, 15) is 0 Å². The van der Waals surface area contributed by atoms with Crippen LogP contribution < -0.4 is 5.73 Å². The Kier molecular flexibility index (Phi) is 1.77. The van der Waals surface area contributed by atoms with Crippen molar-refractivity contribution in [2.45, 2.75) is 6.42 Å². The molecule has 0 unspecified atom stereocenters. The maximum absolute atomic E-state index is 7.22. The predicted molar refractivity (Wildman–Crippen MR) is 53.9 cm³/mol. The van der Waals surface area contributed by atoms with Crippen molar-refractivity contribution in [3.63, 3.8) is 0 Å². The number of benzene rings is 1. The Morgan fingerprint density at radius 3 is 3.00 bits per heavy atom. The highest BCUT2D eigenvalue weighted by atomic mass is 14.7. The third kappa shape index (κ3) is 1.40. The maximum atomic E-state index is 7.22.